The van der Waals surface area contributed by atoms with Crippen molar-refractivity contribution < 1.29 is 23.1 Å². The summed E-state index contributed by atoms with van der Waals surface area (Å²) in [6.07, 6.45) is -2.63. The lowest BCUT2D eigenvalue weighted by Gasteiger charge is -2.07. The molecule has 4 nitrogen and oxygen atoms in total. The number of alkyl halides is 2. The number of benzene rings is 1. The highest BCUT2D eigenvalue weighted by molar-refractivity contribution is 5.98. The topological polar surface area (TPSA) is 67.2 Å². The Hall–Kier alpha value is -2.29. The van der Waals surface area contributed by atoms with Crippen LogP contribution in [0, 0.1) is 11.3 Å². The van der Waals surface area contributed by atoms with Crippen molar-refractivity contribution in [2.45, 2.75) is 6.43 Å². The van der Waals surface area contributed by atoms with Gasteiger partial charge in [-0.1, -0.05) is 0 Å². The van der Waals surface area contributed by atoms with Crippen LogP contribution in [-0.4, -0.2) is 19.4 Å². The molecule has 0 amide bonds. The maximum Gasteiger partial charge on any atom is 0.338 e. The van der Waals surface area contributed by atoms with Gasteiger partial charge in [0, 0.05) is 11.1 Å². The maximum atomic E-state index is 12.6. The molecule has 0 unspecified atom stereocenters. The van der Waals surface area contributed by atoms with Gasteiger partial charge >= 0.3 is 5.97 Å². The van der Waals surface area contributed by atoms with E-state index < -0.39 is 18.0 Å². The Balaban J connectivity index is 3.50. The second-order valence-electron chi connectivity index (χ2n) is 3.05. The van der Waals surface area contributed by atoms with Crippen molar-refractivity contribution in [3.63, 3.8) is 0 Å². The standard InChI is InChI=1S/C11H7F2NO3/c1-17-11(16)9-2-6(4-14)8(10(12)13)3-7(9)5-15/h2-3,5,10H,1H3. The molecular formula is C11H7F2NO3. The summed E-state index contributed by atoms with van der Waals surface area (Å²) in [6.45, 7) is 0. The molecule has 1 aromatic carbocycles. The lowest BCUT2D eigenvalue weighted by Crippen LogP contribution is -2.08. The van der Waals surface area contributed by atoms with Crippen LogP contribution in [0.4, 0.5) is 8.78 Å². The van der Waals surface area contributed by atoms with Crippen molar-refractivity contribution in [3.05, 3.63) is 34.4 Å². The molecular weight excluding hydrogens is 232 g/mol. The van der Waals surface area contributed by atoms with Gasteiger partial charge in [0.05, 0.1) is 24.3 Å². The molecule has 6 heteroatoms. The summed E-state index contributed by atoms with van der Waals surface area (Å²) in [7, 11) is 1.09. The van der Waals surface area contributed by atoms with Crippen LogP contribution in [0.3, 0.4) is 0 Å². The van der Waals surface area contributed by atoms with Gasteiger partial charge in [-0.15, -0.1) is 0 Å². The number of rotatable bonds is 3. The lowest BCUT2D eigenvalue weighted by atomic mass is 9.99. The minimum atomic E-state index is -2.89. The number of ether oxygens (including phenoxy) is 1. The number of carbonyl (C=O) groups is 2. The van der Waals surface area contributed by atoms with E-state index in [1.807, 2.05) is 0 Å². The SMILES string of the molecule is COC(=O)c1cc(C#N)c(C(F)F)cc1C=O. The first-order valence-corrected chi connectivity index (χ1v) is 4.44. The first kappa shape index (κ1) is 12.8. The predicted molar refractivity (Wildman–Crippen MR) is 52.8 cm³/mol. The number of aldehydes is 1. The molecule has 0 atom stereocenters. The zero-order valence-corrected chi connectivity index (χ0v) is 8.74. The van der Waals surface area contributed by atoms with Gasteiger partial charge in [-0.05, 0) is 12.1 Å². The van der Waals surface area contributed by atoms with E-state index >= 15 is 0 Å². The summed E-state index contributed by atoms with van der Waals surface area (Å²) in [5.41, 5.74) is -1.37. The van der Waals surface area contributed by atoms with Crippen molar-refractivity contribution in [1.29, 1.82) is 5.26 Å². The summed E-state index contributed by atoms with van der Waals surface area (Å²) in [5.74, 6) is -0.857. The van der Waals surface area contributed by atoms with Crippen LogP contribution in [0.15, 0.2) is 12.1 Å². The summed E-state index contributed by atoms with van der Waals surface area (Å²) in [6, 6.07) is 3.29. The Morgan fingerprint density at radius 2 is 2.18 bits per heavy atom. The highest BCUT2D eigenvalue weighted by Crippen LogP contribution is 2.25. The van der Waals surface area contributed by atoms with E-state index in [0.29, 0.717) is 0 Å². The normalized spacial score (nSPS) is 9.82. The van der Waals surface area contributed by atoms with Gasteiger partial charge in [0.2, 0.25) is 0 Å². The summed E-state index contributed by atoms with van der Waals surface area (Å²) in [5, 5.41) is 8.69. The molecule has 17 heavy (non-hydrogen) atoms. The van der Waals surface area contributed by atoms with Crippen molar-refractivity contribution in [2.75, 3.05) is 7.11 Å². The molecule has 0 N–H and O–H groups in total. The van der Waals surface area contributed by atoms with E-state index in [4.69, 9.17) is 5.26 Å². The number of hydrogen-bond donors (Lipinski definition) is 0. The minimum Gasteiger partial charge on any atom is -0.465 e. The number of halogens is 2. The highest BCUT2D eigenvalue weighted by atomic mass is 19.3. The zero-order chi connectivity index (χ0) is 13.0. The Kier molecular flexibility index (Phi) is 3.88. The molecule has 0 aromatic heterocycles. The average molecular weight is 239 g/mol. The fourth-order valence-electron chi connectivity index (χ4n) is 1.30. The summed E-state index contributed by atoms with van der Waals surface area (Å²) < 4.78 is 29.5. The number of nitriles is 1. The number of methoxy groups -OCH3 is 1. The van der Waals surface area contributed by atoms with E-state index in [1.54, 1.807) is 6.07 Å². The molecule has 0 aliphatic heterocycles. The Morgan fingerprint density at radius 1 is 1.53 bits per heavy atom. The second-order valence-corrected chi connectivity index (χ2v) is 3.05. The Morgan fingerprint density at radius 3 is 2.59 bits per heavy atom. The van der Waals surface area contributed by atoms with Crippen LogP contribution in [0.2, 0.25) is 0 Å². The molecule has 0 bridgehead atoms. The van der Waals surface area contributed by atoms with Gasteiger partial charge in [0.1, 0.15) is 0 Å². The van der Waals surface area contributed by atoms with Crippen LogP contribution < -0.4 is 0 Å². The molecule has 0 aliphatic carbocycles. The molecule has 0 radical (unpaired) electrons. The van der Waals surface area contributed by atoms with Crippen molar-refractivity contribution >= 4 is 12.3 Å². The largest absolute Gasteiger partial charge is 0.465 e. The number of nitrogens with zero attached hydrogens (tertiary/aromatic N) is 1. The van der Waals surface area contributed by atoms with Crippen LogP contribution >= 0.6 is 0 Å². The molecule has 0 fully saturated rings. The number of hydrogen-bond acceptors (Lipinski definition) is 4. The van der Waals surface area contributed by atoms with Gasteiger partial charge in [0.15, 0.2) is 6.29 Å². The molecule has 0 aliphatic rings. The quantitative estimate of drug-likeness (QED) is 0.598. The summed E-state index contributed by atoms with van der Waals surface area (Å²) in [4.78, 5) is 22.0. The van der Waals surface area contributed by atoms with E-state index in [-0.39, 0.29) is 23.0 Å². The van der Waals surface area contributed by atoms with E-state index in [9.17, 15) is 18.4 Å². The first-order chi connectivity index (χ1) is 8.04. The van der Waals surface area contributed by atoms with Crippen molar-refractivity contribution in [2.24, 2.45) is 0 Å². The van der Waals surface area contributed by atoms with Crippen LogP contribution in [-0.2, 0) is 4.74 Å². The third-order valence-electron chi connectivity index (χ3n) is 2.11. The lowest BCUT2D eigenvalue weighted by molar-refractivity contribution is 0.0598. The molecule has 0 heterocycles. The molecule has 1 aromatic rings. The van der Waals surface area contributed by atoms with Crippen molar-refractivity contribution in [1.82, 2.24) is 0 Å². The molecule has 0 saturated carbocycles. The molecule has 0 saturated heterocycles. The number of carbonyl (C=O) groups excluding carboxylic acids is 2. The van der Waals surface area contributed by atoms with Gasteiger partial charge in [-0.3, -0.25) is 4.79 Å². The third-order valence-corrected chi connectivity index (χ3v) is 2.11. The fraction of sp³-hybridized carbons (Fsp3) is 0.182. The fourth-order valence-corrected chi connectivity index (χ4v) is 1.30. The zero-order valence-electron chi connectivity index (χ0n) is 8.74. The van der Waals surface area contributed by atoms with E-state index in [0.717, 1.165) is 19.2 Å². The first-order valence-electron chi connectivity index (χ1n) is 4.44. The maximum absolute atomic E-state index is 12.6. The summed E-state index contributed by atoms with van der Waals surface area (Å²) >= 11 is 0. The Bertz CT molecular complexity index is 506. The van der Waals surface area contributed by atoms with Crippen molar-refractivity contribution in [3.8, 4) is 6.07 Å². The van der Waals surface area contributed by atoms with Crippen LogP contribution in [0.1, 0.15) is 38.3 Å². The van der Waals surface area contributed by atoms with Gasteiger partial charge < -0.3 is 4.74 Å². The molecule has 0 spiro atoms. The minimum absolute atomic E-state index is 0.205. The molecule has 1 rings (SSSR count). The van der Waals surface area contributed by atoms with E-state index in [2.05, 4.69) is 4.74 Å². The van der Waals surface area contributed by atoms with Crippen LogP contribution in [0.5, 0.6) is 0 Å². The third kappa shape index (κ3) is 2.45. The monoisotopic (exact) mass is 239 g/mol. The van der Waals surface area contributed by atoms with Gasteiger partial charge in [-0.2, -0.15) is 5.26 Å². The Labute approximate surface area is 95.4 Å². The number of esters is 1. The molecule has 88 valence electrons. The predicted octanol–water partition coefficient (Wildman–Crippen LogP) is 2.09. The highest BCUT2D eigenvalue weighted by Gasteiger charge is 2.20. The van der Waals surface area contributed by atoms with Crippen LogP contribution in [0.25, 0.3) is 0 Å². The second kappa shape index (κ2) is 5.16. The smallest absolute Gasteiger partial charge is 0.338 e. The van der Waals surface area contributed by atoms with E-state index in [1.165, 1.54) is 0 Å². The van der Waals surface area contributed by atoms with Gasteiger partial charge in [-0.25, -0.2) is 13.6 Å². The average Bonchev–Trinajstić information content (AvgIpc) is 2.35. The van der Waals surface area contributed by atoms with Gasteiger partial charge in [0.25, 0.3) is 6.43 Å².